The van der Waals surface area contributed by atoms with Gasteiger partial charge in [-0.15, -0.1) is 0 Å². The van der Waals surface area contributed by atoms with Gasteiger partial charge in [0.2, 0.25) is 0 Å². The fourth-order valence-electron chi connectivity index (χ4n) is 3.37. The van der Waals surface area contributed by atoms with Gasteiger partial charge in [0.1, 0.15) is 5.75 Å². The number of rotatable bonds is 3. The zero-order chi connectivity index (χ0) is 21.2. The Morgan fingerprint density at radius 1 is 0.828 bits per heavy atom. The Balaban J connectivity index is 1.87. The van der Waals surface area contributed by atoms with Crippen LogP contribution in [0.25, 0.3) is 16.8 Å². The third kappa shape index (κ3) is 4.95. The maximum atomic E-state index is 12.6. The SMILES string of the molecule is CC(C)(C)c1ccc(OC(=O)C=Cc2cccc3ccccc23)c(C(C)(C)C)c1. The maximum absolute atomic E-state index is 12.6. The molecule has 2 heteroatoms. The first-order valence-electron chi connectivity index (χ1n) is 10.1. The zero-order valence-electron chi connectivity index (χ0n) is 18.2. The predicted octanol–water partition coefficient (Wildman–Crippen LogP) is 7.05. The Labute approximate surface area is 174 Å². The van der Waals surface area contributed by atoms with E-state index in [0.29, 0.717) is 5.75 Å². The summed E-state index contributed by atoms with van der Waals surface area (Å²) in [6.45, 7) is 13.0. The van der Waals surface area contributed by atoms with Gasteiger partial charge < -0.3 is 4.74 Å². The first-order chi connectivity index (χ1) is 13.6. The van der Waals surface area contributed by atoms with Gasteiger partial charge in [-0.05, 0) is 44.9 Å². The summed E-state index contributed by atoms with van der Waals surface area (Å²) in [6.07, 6.45) is 3.33. The van der Waals surface area contributed by atoms with E-state index < -0.39 is 0 Å². The highest BCUT2D eigenvalue weighted by atomic mass is 16.5. The van der Waals surface area contributed by atoms with E-state index in [1.165, 1.54) is 11.6 Å². The van der Waals surface area contributed by atoms with E-state index >= 15 is 0 Å². The monoisotopic (exact) mass is 386 g/mol. The largest absolute Gasteiger partial charge is 0.423 e. The van der Waals surface area contributed by atoms with Crippen molar-refractivity contribution in [2.24, 2.45) is 0 Å². The van der Waals surface area contributed by atoms with E-state index in [0.717, 1.165) is 21.9 Å². The second-order valence-corrected chi connectivity index (χ2v) is 9.53. The van der Waals surface area contributed by atoms with Gasteiger partial charge >= 0.3 is 5.97 Å². The average molecular weight is 387 g/mol. The van der Waals surface area contributed by atoms with Crippen molar-refractivity contribution < 1.29 is 9.53 Å². The Morgan fingerprint density at radius 2 is 1.52 bits per heavy atom. The van der Waals surface area contributed by atoms with E-state index in [9.17, 15) is 4.79 Å². The van der Waals surface area contributed by atoms with Crippen molar-refractivity contribution in [3.63, 3.8) is 0 Å². The van der Waals surface area contributed by atoms with E-state index in [4.69, 9.17) is 4.74 Å². The molecule has 0 atom stereocenters. The standard InChI is InChI=1S/C27H30O2/c1-26(2,3)21-15-16-24(23(18-21)27(4,5)6)29-25(28)17-14-20-12-9-11-19-10-7-8-13-22(19)20/h7-18H,1-6H3. The van der Waals surface area contributed by atoms with Crippen molar-refractivity contribution in [3.05, 3.63) is 83.4 Å². The number of esters is 1. The number of carbonyl (C=O) groups excluding carboxylic acids is 1. The summed E-state index contributed by atoms with van der Waals surface area (Å²) in [5, 5.41) is 2.26. The fourth-order valence-corrected chi connectivity index (χ4v) is 3.37. The maximum Gasteiger partial charge on any atom is 0.336 e. The third-order valence-electron chi connectivity index (χ3n) is 5.09. The van der Waals surface area contributed by atoms with Crippen LogP contribution in [0.4, 0.5) is 0 Å². The minimum Gasteiger partial charge on any atom is -0.423 e. The molecule has 3 aromatic rings. The van der Waals surface area contributed by atoms with Crippen LogP contribution >= 0.6 is 0 Å². The second kappa shape index (κ2) is 7.87. The van der Waals surface area contributed by atoms with Crippen molar-refractivity contribution in [3.8, 4) is 5.75 Å². The summed E-state index contributed by atoms with van der Waals surface area (Å²) in [5.74, 6) is 0.255. The van der Waals surface area contributed by atoms with Gasteiger partial charge in [-0.1, -0.05) is 96.1 Å². The van der Waals surface area contributed by atoms with Gasteiger partial charge in [0.15, 0.2) is 0 Å². The molecule has 3 rings (SSSR count). The molecule has 3 aromatic carbocycles. The molecule has 0 aliphatic carbocycles. The molecule has 0 heterocycles. The van der Waals surface area contributed by atoms with Gasteiger partial charge in [0, 0.05) is 11.6 Å². The fraction of sp³-hybridized carbons (Fsp3) is 0.296. The Kier molecular flexibility index (Phi) is 5.66. The molecule has 0 radical (unpaired) electrons. The van der Waals surface area contributed by atoms with E-state index in [1.54, 1.807) is 0 Å². The topological polar surface area (TPSA) is 26.3 Å². The molecule has 2 nitrogen and oxygen atoms in total. The molecule has 0 bridgehead atoms. The molecule has 0 fully saturated rings. The van der Waals surface area contributed by atoms with E-state index in [1.807, 2.05) is 42.5 Å². The summed E-state index contributed by atoms with van der Waals surface area (Å²) in [5.41, 5.74) is 3.18. The highest BCUT2D eigenvalue weighted by Gasteiger charge is 2.23. The van der Waals surface area contributed by atoms with Crippen LogP contribution in [0.3, 0.4) is 0 Å². The van der Waals surface area contributed by atoms with Crippen molar-refractivity contribution in [1.29, 1.82) is 0 Å². The van der Waals surface area contributed by atoms with Crippen LogP contribution in [0.2, 0.25) is 0 Å². The van der Waals surface area contributed by atoms with Crippen molar-refractivity contribution in [1.82, 2.24) is 0 Å². The lowest BCUT2D eigenvalue weighted by Gasteiger charge is -2.26. The minimum atomic E-state index is -0.369. The lowest BCUT2D eigenvalue weighted by molar-refractivity contribution is -0.128. The predicted molar refractivity (Wildman–Crippen MR) is 122 cm³/mol. The normalized spacial score (nSPS) is 12.5. The molecular weight excluding hydrogens is 356 g/mol. The summed E-state index contributed by atoms with van der Waals surface area (Å²) in [4.78, 5) is 12.6. The molecule has 0 aromatic heterocycles. The molecule has 29 heavy (non-hydrogen) atoms. The van der Waals surface area contributed by atoms with E-state index in [2.05, 4.69) is 65.8 Å². The number of hydrogen-bond acceptors (Lipinski definition) is 2. The quantitative estimate of drug-likeness (QED) is 0.274. The summed E-state index contributed by atoms with van der Waals surface area (Å²) < 4.78 is 5.75. The van der Waals surface area contributed by atoms with E-state index in [-0.39, 0.29) is 16.8 Å². The first kappa shape index (κ1) is 20.9. The number of benzene rings is 3. The molecule has 0 spiro atoms. The Hall–Kier alpha value is -2.87. The highest BCUT2D eigenvalue weighted by molar-refractivity contribution is 5.95. The van der Waals surface area contributed by atoms with Crippen molar-refractivity contribution in [2.75, 3.05) is 0 Å². The lowest BCUT2D eigenvalue weighted by Crippen LogP contribution is -2.18. The van der Waals surface area contributed by atoms with Gasteiger partial charge in [-0.2, -0.15) is 0 Å². The van der Waals surface area contributed by atoms with Crippen molar-refractivity contribution >= 4 is 22.8 Å². The molecule has 0 amide bonds. The molecule has 0 aliphatic heterocycles. The van der Waals surface area contributed by atoms with Crippen LogP contribution < -0.4 is 4.74 Å². The lowest BCUT2D eigenvalue weighted by atomic mass is 9.80. The number of carbonyl (C=O) groups is 1. The molecule has 150 valence electrons. The minimum absolute atomic E-state index is 0.0385. The van der Waals surface area contributed by atoms with Crippen LogP contribution in [0, 0.1) is 0 Å². The van der Waals surface area contributed by atoms with Crippen LogP contribution in [-0.4, -0.2) is 5.97 Å². The smallest absolute Gasteiger partial charge is 0.336 e. The third-order valence-corrected chi connectivity index (χ3v) is 5.09. The molecule has 0 saturated heterocycles. The van der Waals surface area contributed by atoms with Crippen LogP contribution in [-0.2, 0) is 15.6 Å². The zero-order valence-corrected chi connectivity index (χ0v) is 18.2. The first-order valence-corrected chi connectivity index (χ1v) is 10.1. The van der Waals surface area contributed by atoms with Crippen LogP contribution in [0.15, 0.2) is 66.7 Å². The number of hydrogen-bond donors (Lipinski definition) is 0. The molecule has 0 N–H and O–H groups in total. The number of fused-ring (bicyclic) bond motifs is 1. The Morgan fingerprint density at radius 3 is 2.21 bits per heavy atom. The summed E-state index contributed by atoms with van der Waals surface area (Å²) in [7, 11) is 0. The van der Waals surface area contributed by atoms with Crippen molar-refractivity contribution in [2.45, 2.75) is 52.4 Å². The van der Waals surface area contributed by atoms with Gasteiger partial charge in [-0.25, -0.2) is 4.79 Å². The molecule has 0 saturated carbocycles. The summed E-state index contributed by atoms with van der Waals surface area (Å²) in [6, 6.07) is 20.3. The van der Waals surface area contributed by atoms with Crippen LogP contribution in [0.1, 0.15) is 58.2 Å². The molecular formula is C27H30O2. The Bertz CT molecular complexity index is 1050. The van der Waals surface area contributed by atoms with Gasteiger partial charge in [-0.3, -0.25) is 0 Å². The second-order valence-electron chi connectivity index (χ2n) is 9.53. The van der Waals surface area contributed by atoms with Gasteiger partial charge in [0.05, 0.1) is 0 Å². The van der Waals surface area contributed by atoms with Gasteiger partial charge in [0.25, 0.3) is 0 Å². The summed E-state index contributed by atoms with van der Waals surface area (Å²) >= 11 is 0. The number of ether oxygens (including phenoxy) is 1. The molecule has 0 aliphatic rings. The average Bonchev–Trinajstić information content (AvgIpc) is 2.65. The van der Waals surface area contributed by atoms with Crippen LogP contribution in [0.5, 0.6) is 5.75 Å². The molecule has 0 unspecified atom stereocenters. The highest BCUT2D eigenvalue weighted by Crippen LogP contribution is 2.35.